The van der Waals surface area contributed by atoms with Crippen LogP contribution in [0.2, 0.25) is 0 Å². The molecule has 2 atom stereocenters. The van der Waals surface area contributed by atoms with E-state index in [1.807, 2.05) is 0 Å². The summed E-state index contributed by atoms with van der Waals surface area (Å²) in [5.41, 5.74) is 1.23. The van der Waals surface area contributed by atoms with Crippen LogP contribution in [0.15, 0.2) is 29.2 Å². The van der Waals surface area contributed by atoms with Crippen molar-refractivity contribution in [1.29, 1.82) is 0 Å². The second-order valence-corrected chi connectivity index (χ2v) is 4.82. The SMILES string of the molecule is CSc1ccc(CNC2COCC2O)cc1. The Morgan fingerprint density at radius 1 is 1.38 bits per heavy atom. The van der Waals surface area contributed by atoms with Crippen molar-refractivity contribution in [3.8, 4) is 0 Å². The van der Waals surface area contributed by atoms with E-state index in [1.165, 1.54) is 10.5 Å². The van der Waals surface area contributed by atoms with Crippen molar-refractivity contribution in [2.24, 2.45) is 0 Å². The summed E-state index contributed by atoms with van der Waals surface area (Å²) >= 11 is 1.74. The summed E-state index contributed by atoms with van der Waals surface area (Å²) in [5, 5.41) is 12.9. The molecule has 4 heteroatoms. The standard InChI is InChI=1S/C12H17NO2S/c1-16-10-4-2-9(3-5-10)6-13-11-7-15-8-12(11)14/h2-5,11-14H,6-8H2,1H3. The Kier molecular flexibility index (Phi) is 4.23. The van der Waals surface area contributed by atoms with Gasteiger partial charge in [0.15, 0.2) is 0 Å². The minimum atomic E-state index is -0.370. The molecule has 0 spiro atoms. The van der Waals surface area contributed by atoms with E-state index >= 15 is 0 Å². The maximum absolute atomic E-state index is 9.56. The molecule has 16 heavy (non-hydrogen) atoms. The molecule has 88 valence electrons. The first-order chi connectivity index (χ1) is 7.79. The van der Waals surface area contributed by atoms with Crippen molar-refractivity contribution < 1.29 is 9.84 Å². The molecule has 2 N–H and O–H groups in total. The predicted molar refractivity (Wildman–Crippen MR) is 65.7 cm³/mol. The van der Waals surface area contributed by atoms with Crippen molar-refractivity contribution in [2.45, 2.75) is 23.6 Å². The van der Waals surface area contributed by atoms with Crippen LogP contribution < -0.4 is 5.32 Å². The van der Waals surface area contributed by atoms with Gasteiger partial charge in [-0.25, -0.2) is 0 Å². The number of hydrogen-bond acceptors (Lipinski definition) is 4. The van der Waals surface area contributed by atoms with E-state index in [0.717, 1.165) is 6.54 Å². The van der Waals surface area contributed by atoms with Gasteiger partial charge in [0, 0.05) is 11.4 Å². The van der Waals surface area contributed by atoms with Gasteiger partial charge in [-0.05, 0) is 24.0 Å². The molecule has 1 aliphatic heterocycles. The summed E-state index contributed by atoms with van der Waals surface area (Å²) in [6, 6.07) is 8.52. The van der Waals surface area contributed by atoms with Gasteiger partial charge < -0.3 is 15.2 Å². The van der Waals surface area contributed by atoms with Crippen molar-refractivity contribution in [2.75, 3.05) is 19.5 Å². The number of nitrogens with one attached hydrogen (secondary N) is 1. The highest BCUT2D eigenvalue weighted by atomic mass is 32.2. The van der Waals surface area contributed by atoms with Crippen molar-refractivity contribution >= 4 is 11.8 Å². The van der Waals surface area contributed by atoms with E-state index in [0.29, 0.717) is 13.2 Å². The summed E-state index contributed by atoms with van der Waals surface area (Å²) in [7, 11) is 0. The third-order valence-corrected chi connectivity index (χ3v) is 3.52. The summed E-state index contributed by atoms with van der Waals surface area (Å²) in [6.45, 7) is 1.83. The number of hydrogen-bond donors (Lipinski definition) is 2. The van der Waals surface area contributed by atoms with Crippen molar-refractivity contribution in [3.63, 3.8) is 0 Å². The Morgan fingerprint density at radius 3 is 2.69 bits per heavy atom. The van der Waals surface area contributed by atoms with E-state index in [-0.39, 0.29) is 12.1 Å². The van der Waals surface area contributed by atoms with Gasteiger partial charge in [0.05, 0.1) is 25.4 Å². The van der Waals surface area contributed by atoms with Crippen LogP contribution in [0.3, 0.4) is 0 Å². The van der Waals surface area contributed by atoms with Crippen LogP contribution in [-0.2, 0) is 11.3 Å². The fourth-order valence-electron chi connectivity index (χ4n) is 1.73. The van der Waals surface area contributed by atoms with Gasteiger partial charge in [-0.1, -0.05) is 12.1 Å². The lowest BCUT2D eigenvalue weighted by atomic mass is 10.2. The second kappa shape index (κ2) is 5.68. The lowest BCUT2D eigenvalue weighted by Gasteiger charge is -2.14. The maximum atomic E-state index is 9.56. The van der Waals surface area contributed by atoms with Gasteiger partial charge in [0.1, 0.15) is 0 Å². The molecule has 1 saturated heterocycles. The minimum Gasteiger partial charge on any atom is -0.389 e. The van der Waals surface area contributed by atoms with Gasteiger partial charge in [0.2, 0.25) is 0 Å². The highest BCUT2D eigenvalue weighted by Gasteiger charge is 2.25. The first kappa shape index (κ1) is 11.9. The molecule has 1 aliphatic rings. The molecule has 1 fully saturated rings. The summed E-state index contributed by atoms with van der Waals surface area (Å²) in [5.74, 6) is 0. The Morgan fingerprint density at radius 2 is 2.12 bits per heavy atom. The number of rotatable bonds is 4. The lowest BCUT2D eigenvalue weighted by molar-refractivity contribution is 0.122. The van der Waals surface area contributed by atoms with Gasteiger partial charge in [-0.3, -0.25) is 0 Å². The normalized spacial score (nSPS) is 24.9. The van der Waals surface area contributed by atoms with E-state index in [9.17, 15) is 5.11 Å². The molecule has 2 unspecified atom stereocenters. The van der Waals surface area contributed by atoms with Crippen LogP contribution in [0.4, 0.5) is 0 Å². The molecule has 3 nitrogen and oxygen atoms in total. The average molecular weight is 239 g/mol. The van der Waals surface area contributed by atoms with Gasteiger partial charge in [-0.2, -0.15) is 0 Å². The van der Waals surface area contributed by atoms with Crippen molar-refractivity contribution in [1.82, 2.24) is 5.32 Å². The first-order valence-corrected chi connectivity index (χ1v) is 6.64. The minimum absolute atomic E-state index is 0.0697. The van der Waals surface area contributed by atoms with Gasteiger partial charge in [-0.15, -0.1) is 11.8 Å². The molecule has 0 radical (unpaired) electrons. The van der Waals surface area contributed by atoms with E-state index in [1.54, 1.807) is 11.8 Å². The molecule has 0 saturated carbocycles. The van der Waals surface area contributed by atoms with Gasteiger partial charge >= 0.3 is 0 Å². The van der Waals surface area contributed by atoms with Crippen molar-refractivity contribution in [3.05, 3.63) is 29.8 Å². The molecule has 1 heterocycles. The summed E-state index contributed by atoms with van der Waals surface area (Å²) in [6.07, 6.45) is 1.70. The van der Waals surface area contributed by atoms with E-state index < -0.39 is 0 Å². The number of thioether (sulfide) groups is 1. The van der Waals surface area contributed by atoms with Crippen LogP contribution in [0.5, 0.6) is 0 Å². The Hall–Kier alpha value is -0.550. The fraction of sp³-hybridized carbons (Fsp3) is 0.500. The molecule has 0 aromatic heterocycles. The molecule has 1 aromatic carbocycles. The second-order valence-electron chi connectivity index (χ2n) is 3.94. The van der Waals surface area contributed by atoms with Crippen LogP contribution in [0.25, 0.3) is 0 Å². The highest BCUT2D eigenvalue weighted by molar-refractivity contribution is 7.98. The fourth-order valence-corrected chi connectivity index (χ4v) is 2.14. The van der Waals surface area contributed by atoms with E-state index in [2.05, 4.69) is 35.8 Å². The lowest BCUT2D eigenvalue weighted by Crippen LogP contribution is -2.38. The third-order valence-electron chi connectivity index (χ3n) is 2.78. The summed E-state index contributed by atoms with van der Waals surface area (Å²) < 4.78 is 5.18. The van der Waals surface area contributed by atoms with Crippen LogP contribution in [0, 0.1) is 0 Å². The smallest absolute Gasteiger partial charge is 0.0948 e. The predicted octanol–water partition coefficient (Wildman–Crippen LogP) is 1.26. The topological polar surface area (TPSA) is 41.5 Å². The zero-order valence-electron chi connectivity index (χ0n) is 9.35. The van der Waals surface area contributed by atoms with E-state index in [4.69, 9.17) is 4.74 Å². The highest BCUT2D eigenvalue weighted by Crippen LogP contribution is 2.15. The molecular formula is C12H17NO2S. The number of benzene rings is 1. The van der Waals surface area contributed by atoms with Crippen LogP contribution in [0.1, 0.15) is 5.56 Å². The average Bonchev–Trinajstić information content (AvgIpc) is 2.73. The van der Waals surface area contributed by atoms with Crippen LogP contribution in [-0.4, -0.2) is 36.7 Å². The molecule has 0 aliphatic carbocycles. The summed E-state index contributed by atoms with van der Waals surface area (Å²) in [4.78, 5) is 1.27. The Bertz CT molecular complexity index is 328. The first-order valence-electron chi connectivity index (χ1n) is 5.41. The largest absolute Gasteiger partial charge is 0.389 e. The Labute approximate surface area is 100 Å². The van der Waals surface area contributed by atoms with Crippen LogP contribution >= 0.6 is 11.8 Å². The zero-order valence-corrected chi connectivity index (χ0v) is 10.2. The molecule has 0 amide bonds. The number of ether oxygens (including phenoxy) is 1. The monoisotopic (exact) mass is 239 g/mol. The van der Waals surface area contributed by atoms with Gasteiger partial charge in [0.25, 0.3) is 0 Å². The maximum Gasteiger partial charge on any atom is 0.0948 e. The molecule has 0 bridgehead atoms. The molecule has 1 aromatic rings. The number of aliphatic hydroxyl groups excluding tert-OH is 1. The quantitative estimate of drug-likeness (QED) is 0.776. The Balaban J connectivity index is 1.84. The third kappa shape index (κ3) is 2.98. The number of aliphatic hydroxyl groups is 1. The molecular weight excluding hydrogens is 222 g/mol. The molecule has 2 rings (SSSR count). The zero-order chi connectivity index (χ0) is 11.4.